The van der Waals surface area contributed by atoms with E-state index in [4.69, 9.17) is 10.9 Å². The molecule has 23 heteroatoms. The number of imidazole rings is 2. The van der Waals surface area contributed by atoms with Crippen molar-refractivity contribution in [3.63, 3.8) is 0 Å². The van der Waals surface area contributed by atoms with E-state index in [9.17, 15) is 36.0 Å². The second-order valence-electron chi connectivity index (χ2n) is 19.1. The Morgan fingerprint density at radius 3 is 1.53 bits per heavy atom. The zero-order valence-electron chi connectivity index (χ0n) is 47.8. The van der Waals surface area contributed by atoms with Crippen LogP contribution in [0, 0.1) is 0 Å². The minimum atomic E-state index is -4.19. The second-order valence-corrected chi connectivity index (χ2v) is 22.3. The molecule has 0 unspecified atom stereocenters. The van der Waals surface area contributed by atoms with E-state index in [1.807, 2.05) is 108 Å². The number of fused-ring (bicyclic) bond motifs is 2. The normalized spacial score (nSPS) is 11.5. The zero-order valence-corrected chi connectivity index (χ0v) is 49.4. The van der Waals surface area contributed by atoms with Crippen LogP contribution >= 0.6 is 0 Å². The Kier molecular flexibility index (Phi) is 23.3. The van der Waals surface area contributed by atoms with E-state index in [-0.39, 0.29) is 15.8 Å². The number of rotatable bonds is 17. The summed E-state index contributed by atoms with van der Waals surface area (Å²) in [5.41, 5.74) is 11.3. The van der Waals surface area contributed by atoms with E-state index in [0.717, 1.165) is 46.4 Å². The van der Waals surface area contributed by atoms with Gasteiger partial charge in [-0.2, -0.15) is 0 Å². The van der Waals surface area contributed by atoms with E-state index in [1.54, 1.807) is 96.0 Å². The molecule has 0 bridgehead atoms. The number of primary sulfonamides is 1. The van der Waals surface area contributed by atoms with Gasteiger partial charge in [-0.15, -0.1) is 0 Å². The first-order valence-electron chi connectivity index (χ1n) is 27.2. The summed E-state index contributed by atoms with van der Waals surface area (Å²) in [5.74, 6) is 1.28. The molecule has 0 fully saturated rings. The molecule has 0 saturated carbocycles. The lowest BCUT2D eigenvalue weighted by atomic mass is 10.1. The molecule has 0 aliphatic heterocycles. The fourth-order valence-corrected chi connectivity index (χ4v) is 10.8. The molecule has 8 aromatic carbocycles. The van der Waals surface area contributed by atoms with Gasteiger partial charge in [0.05, 0.1) is 42.6 Å². The number of hydrogen-bond donors (Lipinski definition) is 6. The third-order valence-corrected chi connectivity index (χ3v) is 15.4. The average molecular weight is 1210 g/mol. The molecule has 0 aliphatic carbocycles. The van der Waals surface area contributed by atoms with Crippen molar-refractivity contribution in [2.75, 3.05) is 31.4 Å². The van der Waals surface area contributed by atoms with Crippen LogP contribution in [0.3, 0.4) is 0 Å². The van der Waals surface area contributed by atoms with Gasteiger partial charge in [0, 0.05) is 58.3 Å². The summed E-state index contributed by atoms with van der Waals surface area (Å²) < 4.78 is 64.1. The number of hydrogen-bond acceptors (Lipinski definition) is 14. The molecular formula is C64H65N11O10S2. The lowest BCUT2D eigenvalue weighted by Crippen LogP contribution is -2.42. The predicted molar refractivity (Wildman–Crippen MR) is 335 cm³/mol. The van der Waals surface area contributed by atoms with Crippen molar-refractivity contribution < 1.29 is 45.5 Å². The number of urea groups is 1. The quantitative estimate of drug-likeness (QED) is 0.0281. The third kappa shape index (κ3) is 18.6. The van der Waals surface area contributed by atoms with Gasteiger partial charge in [0.15, 0.2) is 0 Å². The number of methoxy groups -OCH3 is 2. The van der Waals surface area contributed by atoms with Crippen LogP contribution in [0.4, 0.5) is 25.8 Å². The first kappa shape index (κ1) is 64.3. The van der Waals surface area contributed by atoms with Crippen LogP contribution in [-0.4, -0.2) is 81.0 Å². The highest BCUT2D eigenvalue weighted by Crippen LogP contribution is 2.26. The van der Waals surface area contributed by atoms with Crippen LogP contribution in [0.1, 0.15) is 54.6 Å². The number of anilines is 2. The van der Waals surface area contributed by atoms with Crippen LogP contribution in [0.5, 0.6) is 0 Å². The summed E-state index contributed by atoms with van der Waals surface area (Å²) in [6, 6.07) is 56.4. The molecule has 10 rings (SSSR count). The number of aliphatic imine (C=N–C) groups is 1. The Labute approximate surface area is 504 Å². The van der Waals surface area contributed by atoms with Crippen LogP contribution < -0.4 is 31.5 Å². The van der Waals surface area contributed by atoms with Crippen molar-refractivity contribution in [2.45, 2.75) is 54.5 Å². The number of unbranched alkanes of at least 4 members (excludes halogenated alkanes) is 1. The minimum absolute atomic E-state index is 0.00696. The van der Waals surface area contributed by atoms with Gasteiger partial charge in [0.2, 0.25) is 16.1 Å². The third-order valence-electron chi connectivity index (χ3n) is 13.0. The minimum Gasteiger partial charge on any atom is -0.453 e. The SMILES string of the molecule is CCCCN=C=O.COC(=O)Nc1ccc(-n2ccnc2[C@@H](N)Cc2ccccc2)cc1.COC(=O)Nc1ccc(-n2ccnc2[C@H](Cc2ccccc2)NC(=O)NS(=O)(=O)c2cccc3ccccc23)cc1.NS(=O)(=O)c1cccc2ccccc12. The summed E-state index contributed by atoms with van der Waals surface area (Å²) in [4.78, 5) is 57.8. The highest BCUT2D eigenvalue weighted by molar-refractivity contribution is 7.90. The number of isocyanates is 1. The molecule has 8 N–H and O–H groups in total. The van der Waals surface area contributed by atoms with Gasteiger partial charge in [-0.3, -0.25) is 10.6 Å². The molecule has 448 valence electrons. The van der Waals surface area contributed by atoms with Gasteiger partial charge in [-0.25, -0.2) is 60.8 Å². The number of aromatic nitrogens is 4. The Bertz CT molecular complexity index is 4150. The number of benzene rings is 8. The number of carbonyl (C=O) groups excluding carboxylic acids is 4. The van der Waals surface area contributed by atoms with Gasteiger partial charge >= 0.3 is 18.2 Å². The Morgan fingerprint density at radius 2 is 1.03 bits per heavy atom. The molecule has 87 heavy (non-hydrogen) atoms. The van der Waals surface area contributed by atoms with E-state index in [1.165, 1.54) is 38.0 Å². The van der Waals surface area contributed by atoms with Crippen molar-refractivity contribution >= 4 is 77.3 Å². The topological polar surface area (TPSA) is 303 Å². The maximum absolute atomic E-state index is 13.3. The molecule has 10 aromatic rings. The smallest absolute Gasteiger partial charge is 0.411 e. The molecule has 4 amide bonds. The fraction of sp³-hybridized carbons (Fsp3) is 0.156. The van der Waals surface area contributed by atoms with Gasteiger partial charge < -0.3 is 29.7 Å². The maximum atomic E-state index is 13.3. The lowest BCUT2D eigenvalue weighted by Gasteiger charge is -2.21. The maximum Gasteiger partial charge on any atom is 0.411 e. The first-order valence-corrected chi connectivity index (χ1v) is 30.2. The molecule has 0 saturated heterocycles. The van der Waals surface area contributed by atoms with Crippen LogP contribution in [-0.2, 0) is 47.2 Å². The van der Waals surface area contributed by atoms with Crippen molar-refractivity contribution in [3.8, 4) is 11.4 Å². The van der Waals surface area contributed by atoms with Crippen molar-refractivity contribution in [3.05, 3.63) is 242 Å². The van der Waals surface area contributed by atoms with Crippen molar-refractivity contribution in [1.82, 2.24) is 29.1 Å². The summed E-state index contributed by atoms with van der Waals surface area (Å²) in [5, 5.41) is 15.9. The molecule has 0 spiro atoms. The van der Waals surface area contributed by atoms with Gasteiger partial charge in [-0.05, 0) is 102 Å². The highest BCUT2D eigenvalue weighted by atomic mass is 32.2. The number of amides is 4. The standard InChI is InChI=1S/C30H27N5O5S.C19H20N4O2.C10H9NO2S.C5H9NO/c1-40-30(37)32-23-14-16-24(17-15-23)35-19-18-31-28(35)26(20-21-8-3-2-4-9-21)33-29(36)34-41(38,39)27-13-7-11-22-10-5-6-12-25(22)27;1-25-19(24)22-15-7-9-16(10-8-15)23-12-11-21-18(23)17(20)13-14-5-3-2-4-6-14;11-14(12,13)10-7-3-5-8-4-1-2-6-9(8)10;1-2-3-4-6-5-7/h2-19,26H,20H2,1H3,(H,32,37)(H2,33,34,36);2-12,17H,13,20H2,1H3,(H,22,24);1-7H,(H2,11,12,13);2-4H2,1H3/t26-;17-;;/m00../s1. The van der Waals surface area contributed by atoms with Crippen molar-refractivity contribution in [1.29, 1.82) is 0 Å². The molecule has 2 atom stereocenters. The largest absolute Gasteiger partial charge is 0.453 e. The first-order chi connectivity index (χ1) is 42.0. The van der Waals surface area contributed by atoms with E-state index in [2.05, 4.69) is 64.2 Å². The summed E-state index contributed by atoms with van der Waals surface area (Å²) in [6.07, 6.45) is 10.5. The van der Waals surface area contributed by atoms with Crippen molar-refractivity contribution in [2.24, 2.45) is 15.9 Å². The second kappa shape index (κ2) is 31.6. The number of nitrogens with zero attached hydrogens (tertiary/aromatic N) is 5. The fourth-order valence-electron chi connectivity index (χ4n) is 8.88. The summed E-state index contributed by atoms with van der Waals surface area (Å²) in [6.45, 7) is 2.69. The van der Waals surface area contributed by atoms with E-state index < -0.39 is 44.3 Å². The summed E-state index contributed by atoms with van der Waals surface area (Å²) >= 11 is 0. The van der Waals surface area contributed by atoms with E-state index in [0.29, 0.717) is 47.4 Å². The predicted octanol–water partition coefficient (Wildman–Crippen LogP) is 11.1. The van der Waals surface area contributed by atoms with Crippen LogP contribution in [0.15, 0.2) is 234 Å². The summed E-state index contributed by atoms with van der Waals surface area (Å²) in [7, 11) is -5.20. The highest BCUT2D eigenvalue weighted by Gasteiger charge is 2.26. The Balaban J connectivity index is 0.000000197. The monoisotopic (exact) mass is 1210 g/mol. The molecular weight excluding hydrogens is 1150 g/mol. The molecule has 0 aliphatic rings. The van der Waals surface area contributed by atoms with E-state index >= 15 is 0 Å². The van der Waals surface area contributed by atoms with Gasteiger partial charge in [0.25, 0.3) is 10.0 Å². The molecule has 21 nitrogen and oxygen atoms in total. The number of carbonyl (C=O) groups is 3. The Morgan fingerprint density at radius 1 is 0.586 bits per heavy atom. The van der Waals surface area contributed by atoms with Crippen LogP contribution in [0.2, 0.25) is 0 Å². The van der Waals surface area contributed by atoms with Gasteiger partial charge in [0.1, 0.15) is 11.6 Å². The number of nitrogens with one attached hydrogen (secondary N) is 4. The number of nitrogens with two attached hydrogens (primary N) is 2. The molecule has 2 aromatic heterocycles. The lowest BCUT2D eigenvalue weighted by molar-refractivity contribution is 0.186. The van der Waals surface area contributed by atoms with Gasteiger partial charge in [-0.1, -0.05) is 147 Å². The number of sulfonamides is 2. The van der Waals surface area contributed by atoms with Crippen LogP contribution in [0.25, 0.3) is 32.9 Å². The molecule has 2 heterocycles. The number of ether oxygens (including phenoxy) is 2. The average Bonchev–Trinajstić information content (AvgIpc) is 4.33. The Hall–Kier alpha value is -10.3. The molecule has 0 radical (unpaired) electrons. The zero-order chi connectivity index (χ0) is 62.2.